The first-order valence-corrected chi connectivity index (χ1v) is 11.7. The number of rotatable bonds is 2. The first-order valence-electron chi connectivity index (χ1n) is 11.7. The summed E-state index contributed by atoms with van der Waals surface area (Å²) in [5.74, 6) is 3.44. The number of nitrogens with zero attached hydrogens (tertiary/aromatic N) is 2. The summed E-state index contributed by atoms with van der Waals surface area (Å²) in [4.78, 5) is 8.73. The normalized spacial score (nSPS) is 12.7. The van der Waals surface area contributed by atoms with E-state index < -0.39 is 0 Å². The molecule has 0 fully saturated rings. The highest BCUT2D eigenvalue weighted by atomic mass is 16.5. The summed E-state index contributed by atoms with van der Waals surface area (Å²) in [7, 11) is 0. The minimum atomic E-state index is 0.0445. The van der Waals surface area contributed by atoms with Crippen molar-refractivity contribution in [2.45, 2.75) is 13.8 Å². The average Bonchev–Trinajstić information content (AvgIpc) is 2.88. The summed E-state index contributed by atoms with van der Waals surface area (Å²) in [5, 5.41) is 0. The number of ether oxygens (including phenoxy) is 2. The number of fused-ring (bicyclic) bond motifs is 4. The highest BCUT2D eigenvalue weighted by molar-refractivity contribution is 6.98. The monoisotopic (exact) mass is 452 g/mol. The number of aryl methyl sites for hydroxylation is 2. The Morgan fingerprint density at radius 2 is 1.06 bits per heavy atom. The van der Waals surface area contributed by atoms with E-state index in [1.54, 1.807) is 0 Å². The Labute approximate surface area is 204 Å². The number of hydrogen-bond donors (Lipinski definition) is 0. The maximum absolute atomic E-state index is 6.43. The molecule has 4 nitrogen and oxygen atoms in total. The minimum absolute atomic E-state index is 0.0445. The van der Waals surface area contributed by atoms with Crippen LogP contribution in [0.2, 0.25) is 0 Å². The molecule has 2 aliphatic heterocycles. The summed E-state index contributed by atoms with van der Waals surface area (Å²) in [5.41, 5.74) is 9.99. The molecule has 0 N–H and O–H groups in total. The van der Waals surface area contributed by atoms with Crippen molar-refractivity contribution in [3.8, 4) is 45.3 Å². The third-order valence-electron chi connectivity index (χ3n) is 6.82. The summed E-state index contributed by atoms with van der Waals surface area (Å²) in [6, 6.07) is 23.3. The van der Waals surface area contributed by atoms with Gasteiger partial charge in [-0.05, 0) is 83.4 Å². The molecule has 0 bridgehead atoms. The molecule has 4 heterocycles. The Hall–Kier alpha value is -4.38. The van der Waals surface area contributed by atoms with Gasteiger partial charge in [0.2, 0.25) is 0 Å². The van der Waals surface area contributed by atoms with Crippen LogP contribution >= 0.6 is 0 Å². The van der Waals surface area contributed by atoms with Gasteiger partial charge in [-0.3, -0.25) is 9.97 Å². The second kappa shape index (κ2) is 7.57. The lowest BCUT2D eigenvalue weighted by molar-refractivity contribution is 0.464. The predicted octanol–water partition coefficient (Wildman–Crippen LogP) is 5.16. The molecule has 166 valence electrons. The van der Waals surface area contributed by atoms with Gasteiger partial charge in [0.1, 0.15) is 23.0 Å². The fourth-order valence-electron chi connectivity index (χ4n) is 5.21. The largest absolute Gasteiger partial charge is 0.458 e. The smallest absolute Gasteiger partial charge is 0.260 e. The molecule has 0 aliphatic carbocycles. The van der Waals surface area contributed by atoms with E-state index in [1.165, 1.54) is 0 Å². The number of hydrogen-bond acceptors (Lipinski definition) is 4. The maximum atomic E-state index is 6.43. The van der Waals surface area contributed by atoms with Gasteiger partial charge in [-0.1, -0.05) is 30.3 Å². The van der Waals surface area contributed by atoms with Crippen LogP contribution in [0.1, 0.15) is 11.1 Å². The summed E-state index contributed by atoms with van der Waals surface area (Å²) < 4.78 is 12.9. The van der Waals surface area contributed by atoms with Crippen LogP contribution in [0.15, 0.2) is 91.5 Å². The fourth-order valence-corrected chi connectivity index (χ4v) is 5.21. The quantitative estimate of drug-likeness (QED) is 0.340. The molecule has 5 aromatic rings. The third kappa shape index (κ3) is 3.23. The van der Waals surface area contributed by atoms with E-state index in [-0.39, 0.29) is 6.71 Å². The van der Waals surface area contributed by atoms with Gasteiger partial charge in [-0.25, -0.2) is 0 Å². The second-order valence-electron chi connectivity index (χ2n) is 9.31. The van der Waals surface area contributed by atoms with Gasteiger partial charge in [0.25, 0.3) is 6.71 Å². The zero-order valence-electron chi connectivity index (χ0n) is 19.4. The first-order chi connectivity index (χ1) is 17.1. The van der Waals surface area contributed by atoms with Crippen molar-refractivity contribution in [3.05, 3.63) is 103 Å². The molecular formula is C30H21BN2O2. The Morgan fingerprint density at radius 1 is 0.543 bits per heavy atom. The molecule has 2 aliphatic rings. The van der Waals surface area contributed by atoms with Gasteiger partial charge < -0.3 is 9.47 Å². The van der Waals surface area contributed by atoms with E-state index in [0.717, 1.165) is 72.8 Å². The molecule has 0 atom stereocenters. The van der Waals surface area contributed by atoms with Crippen LogP contribution in [0.3, 0.4) is 0 Å². The molecule has 0 saturated carbocycles. The highest BCUT2D eigenvalue weighted by Crippen LogP contribution is 2.37. The van der Waals surface area contributed by atoms with E-state index in [2.05, 4.69) is 72.3 Å². The maximum Gasteiger partial charge on any atom is 0.260 e. The Bertz CT molecular complexity index is 1530. The van der Waals surface area contributed by atoms with Crippen molar-refractivity contribution in [1.29, 1.82) is 0 Å². The van der Waals surface area contributed by atoms with Gasteiger partial charge in [0.15, 0.2) is 0 Å². The average molecular weight is 452 g/mol. The molecule has 0 spiro atoms. The zero-order chi connectivity index (χ0) is 23.5. The van der Waals surface area contributed by atoms with Crippen molar-refractivity contribution in [1.82, 2.24) is 9.97 Å². The molecule has 3 aromatic carbocycles. The van der Waals surface area contributed by atoms with Crippen LogP contribution in [0, 0.1) is 13.8 Å². The van der Waals surface area contributed by atoms with E-state index in [0.29, 0.717) is 0 Å². The molecule has 7 rings (SSSR count). The predicted molar refractivity (Wildman–Crippen MR) is 140 cm³/mol. The van der Waals surface area contributed by atoms with Gasteiger partial charge >= 0.3 is 0 Å². The van der Waals surface area contributed by atoms with Crippen molar-refractivity contribution >= 4 is 23.1 Å². The molecule has 0 unspecified atom stereocenters. The topological polar surface area (TPSA) is 44.2 Å². The summed E-state index contributed by atoms with van der Waals surface area (Å²) >= 11 is 0. The molecule has 5 heteroatoms. The van der Waals surface area contributed by atoms with Crippen molar-refractivity contribution in [3.63, 3.8) is 0 Å². The van der Waals surface area contributed by atoms with Gasteiger partial charge in [0.05, 0.1) is 0 Å². The van der Waals surface area contributed by atoms with E-state index in [4.69, 9.17) is 9.47 Å². The first kappa shape index (κ1) is 20.0. The number of pyridine rings is 2. The standard InChI is InChI=1S/C30H21BN2O2/c1-18-10-22(16-32-14-18)20-6-8-24-28(12-20)34-26-4-3-5-27-30(26)31(24)25-9-7-21(13-29(25)35-27)23-11-19(2)15-33-17-23/h3-17H,1-2H3. The van der Waals surface area contributed by atoms with Crippen LogP contribution in [-0.2, 0) is 0 Å². The van der Waals surface area contributed by atoms with Gasteiger partial charge in [-0.2, -0.15) is 0 Å². The van der Waals surface area contributed by atoms with Gasteiger partial charge in [-0.15, -0.1) is 0 Å². The van der Waals surface area contributed by atoms with Gasteiger partial charge in [0, 0.05) is 41.4 Å². The van der Waals surface area contributed by atoms with Crippen molar-refractivity contribution in [2.24, 2.45) is 0 Å². The summed E-state index contributed by atoms with van der Waals surface area (Å²) in [6.07, 6.45) is 7.54. The van der Waals surface area contributed by atoms with E-state index in [1.807, 2.05) is 43.0 Å². The van der Waals surface area contributed by atoms with Crippen molar-refractivity contribution < 1.29 is 9.47 Å². The fraction of sp³-hybridized carbons (Fsp3) is 0.0667. The highest BCUT2D eigenvalue weighted by Gasteiger charge is 2.40. The Kier molecular flexibility index (Phi) is 4.33. The Balaban J connectivity index is 1.38. The van der Waals surface area contributed by atoms with E-state index >= 15 is 0 Å². The molecule has 0 radical (unpaired) electrons. The van der Waals surface area contributed by atoms with Crippen LogP contribution in [-0.4, -0.2) is 16.7 Å². The summed E-state index contributed by atoms with van der Waals surface area (Å²) in [6.45, 7) is 4.16. The minimum Gasteiger partial charge on any atom is -0.458 e. The zero-order valence-corrected chi connectivity index (χ0v) is 19.4. The lowest BCUT2D eigenvalue weighted by atomic mass is 9.35. The number of aromatic nitrogens is 2. The van der Waals surface area contributed by atoms with Crippen LogP contribution in [0.25, 0.3) is 22.3 Å². The Morgan fingerprint density at radius 3 is 1.54 bits per heavy atom. The second-order valence-corrected chi connectivity index (χ2v) is 9.31. The molecule has 2 aromatic heterocycles. The molecule has 0 amide bonds. The number of benzene rings is 3. The van der Waals surface area contributed by atoms with Crippen LogP contribution < -0.4 is 25.9 Å². The molecule has 35 heavy (non-hydrogen) atoms. The molecular weight excluding hydrogens is 431 g/mol. The molecule has 0 saturated heterocycles. The lowest BCUT2D eigenvalue weighted by Crippen LogP contribution is -2.57. The van der Waals surface area contributed by atoms with E-state index in [9.17, 15) is 0 Å². The lowest BCUT2D eigenvalue weighted by Gasteiger charge is -2.33. The SMILES string of the molecule is Cc1cncc(-c2ccc3c(c2)Oc2cccc4c2B3c2ccc(-c3cncc(C)c3)cc2O4)c1. The van der Waals surface area contributed by atoms with Crippen molar-refractivity contribution in [2.75, 3.05) is 0 Å². The third-order valence-corrected chi connectivity index (χ3v) is 6.82. The van der Waals surface area contributed by atoms with Crippen LogP contribution in [0.5, 0.6) is 23.0 Å². The van der Waals surface area contributed by atoms with Crippen LogP contribution in [0.4, 0.5) is 0 Å².